The fourth-order valence-corrected chi connectivity index (χ4v) is 1.52. The van der Waals surface area contributed by atoms with Crippen molar-refractivity contribution >= 4 is 0 Å². The van der Waals surface area contributed by atoms with Crippen molar-refractivity contribution in [2.75, 3.05) is 26.3 Å². The van der Waals surface area contributed by atoms with Gasteiger partial charge in [-0.3, -0.25) is 0 Å². The molecule has 1 saturated heterocycles. The van der Waals surface area contributed by atoms with Gasteiger partial charge in [-0.25, -0.2) is 0 Å². The molecule has 1 aliphatic rings. The van der Waals surface area contributed by atoms with Crippen molar-refractivity contribution < 1.29 is 25.2 Å². The number of rotatable bonds is 5. The standard InChI is InChI=1S/C9H20N2O5/c10-5(3-12)1-11-2-7-9(15)8(14)6(13)4-16-7/h5-9,11-15H,1-4,10H2/t5?,6-,7+,8+,9+/m0/s1. The molecule has 16 heavy (non-hydrogen) atoms. The molecule has 1 unspecified atom stereocenters. The molecule has 0 aromatic rings. The van der Waals surface area contributed by atoms with E-state index in [2.05, 4.69) is 5.32 Å². The van der Waals surface area contributed by atoms with Crippen molar-refractivity contribution in [2.24, 2.45) is 5.73 Å². The summed E-state index contributed by atoms with van der Waals surface area (Å²) in [6, 6.07) is -0.365. The van der Waals surface area contributed by atoms with Crippen molar-refractivity contribution in [3.8, 4) is 0 Å². The minimum atomic E-state index is -1.19. The van der Waals surface area contributed by atoms with Crippen LogP contribution in [0.25, 0.3) is 0 Å². The van der Waals surface area contributed by atoms with Crippen molar-refractivity contribution in [1.29, 1.82) is 0 Å². The SMILES string of the molecule is NC(CO)CNC[C@H]1OC[C@H](O)[C@@H](O)[C@@H]1O. The first-order chi connectivity index (χ1) is 7.56. The van der Waals surface area contributed by atoms with Crippen LogP contribution in [0, 0.1) is 0 Å². The topological polar surface area (TPSA) is 128 Å². The van der Waals surface area contributed by atoms with Crippen LogP contribution in [0.1, 0.15) is 0 Å². The van der Waals surface area contributed by atoms with Crippen molar-refractivity contribution in [1.82, 2.24) is 5.32 Å². The van der Waals surface area contributed by atoms with Gasteiger partial charge in [-0.15, -0.1) is 0 Å². The molecule has 1 rings (SSSR count). The highest BCUT2D eigenvalue weighted by Crippen LogP contribution is 2.14. The van der Waals surface area contributed by atoms with Crippen LogP contribution in [0.4, 0.5) is 0 Å². The molecule has 1 fully saturated rings. The Kier molecular flexibility index (Phi) is 5.56. The van der Waals surface area contributed by atoms with Gasteiger partial charge in [0.2, 0.25) is 0 Å². The molecular weight excluding hydrogens is 216 g/mol. The van der Waals surface area contributed by atoms with Crippen LogP contribution in [0.3, 0.4) is 0 Å². The minimum Gasteiger partial charge on any atom is -0.395 e. The summed E-state index contributed by atoms with van der Waals surface area (Å²) in [4.78, 5) is 0. The molecule has 0 aliphatic carbocycles. The van der Waals surface area contributed by atoms with Crippen molar-refractivity contribution in [3.63, 3.8) is 0 Å². The first-order valence-corrected chi connectivity index (χ1v) is 5.29. The highest BCUT2D eigenvalue weighted by atomic mass is 16.5. The molecule has 5 atom stereocenters. The number of nitrogens with one attached hydrogen (secondary N) is 1. The average molecular weight is 236 g/mol. The molecule has 0 spiro atoms. The zero-order valence-corrected chi connectivity index (χ0v) is 8.99. The van der Waals surface area contributed by atoms with Crippen LogP contribution >= 0.6 is 0 Å². The second-order valence-corrected chi connectivity index (χ2v) is 4.02. The lowest BCUT2D eigenvalue weighted by Gasteiger charge is -2.35. The van der Waals surface area contributed by atoms with E-state index in [-0.39, 0.29) is 19.3 Å². The molecule has 0 aromatic carbocycles. The Hall–Kier alpha value is -0.280. The van der Waals surface area contributed by atoms with Crippen LogP contribution in [0.15, 0.2) is 0 Å². The van der Waals surface area contributed by atoms with E-state index in [1.165, 1.54) is 0 Å². The fraction of sp³-hybridized carbons (Fsp3) is 1.00. The van der Waals surface area contributed by atoms with E-state index < -0.39 is 24.4 Å². The smallest absolute Gasteiger partial charge is 0.111 e. The Morgan fingerprint density at radius 2 is 2.00 bits per heavy atom. The predicted octanol–water partition coefficient (Wildman–Crippen LogP) is -3.62. The van der Waals surface area contributed by atoms with E-state index >= 15 is 0 Å². The summed E-state index contributed by atoms with van der Waals surface area (Å²) in [6.07, 6.45) is -3.94. The zero-order chi connectivity index (χ0) is 12.1. The van der Waals surface area contributed by atoms with Crippen LogP contribution in [0.2, 0.25) is 0 Å². The number of nitrogens with two attached hydrogens (primary N) is 1. The molecule has 96 valence electrons. The number of hydrogen-bond acceptors (Lipinski definition) is 7. The van der Waals surface area contributed by atoms with Crippen molar-refractivity contribution in [2.45, 2.75) is 30.5 Å². The van der Waals surface area contributed by atoms with E-state index in [0.29, 0.717) is 13.1 Å². The number of ether oxygens (including phenoxy) is 1. The maximum absolute atomic E-state index is 9.57. The molecule has 1 aliphatic heterocycles. The Morgan fingerprint density at radius 1 is 1.31 bits per heavy atom. The fourth-order valence-electron chi connectivity index (χ4n) is 1.52. The summed E-state index contributed by atoms with van der Waals surface area (Å²) >= 11 is 0. The Balaban J connectivity index is 2.27. The monoisotopic (exact) mass is 236 g/mol. The third-order valence-corrected chi connectivity index (χ3v) is 2.59. The third kappa shape index (κ3) is 3.63. The van der Waals surface area contributed by atoms with Gasteiger partial charge in [0.25, 0.3) is 0 Å². The second-order valence-electron chi connectivity index (χ2n) is 4.02. The first-order valence-electron chi connectivity index (χ1n) is 5.29. The van der Waals surface area contributed by atoms with E-state index in [1.54, 1.807) is 0 Å². The molecule has 0 radical (unpaired) electrons. The minimum absolute atomic E-state index is 0.00335. The summed E-state index contributed by atoms with van der Waals surface area (Å²) in [5.41, 5.74) is 5.47. The van der Waals surface area contributed by atoms with Gasteiger partial charge in [-0.05, 0) is 0 Å². The van der Waals surface area contributed by atoms with E-state index in [0.717, 1.165) is 0 Å². The molecule has 7 N–H and O–H groups in total. The molecule has 7 heteroatoms. The molecular formula is C9H20N2O5. The predicted molar refractivity (Wildman–Crippen MR) is 55.7 cm³/mol. The molecule has 1 heterocycles. The number of aliphatic hydroxyl groups excluding tert-OH is 4. The van der Waals surface area contributed by atoms with Gasteiger partial charge in [0.15, 0.2) is 0 Å². The molecule has 0 saturated carbocycles. The first kappa shape index (κ1) is 13.8. The summed E-state index contributed by atoms with van der Waals surface area (Å²) < 4.78 is 5.16. The summed E-state index contributed by atoms with van der Waals surface area (Å²) in [5, 5.41) is 39.8. The van der Waals surface area contributed by atoms with E-state index in [1.807, 2.05) is 0 Å². The second kappa shape index (κ2) is 6.45. The van der Waals surface area contributed by atoms with Gasteiger partial charge in [0.1, 0.15) is 18.3 Å². The zero-order valence-electron chi connectivity index (χ0n) is 8.99. The molecule has 0 aromatic heterocycles. The number of hydrogen-bond donors (Lipinski definition) is 6. The van der Waals surface area contributed by atoms with Crippen LogP contribution < -0.4 is 11.1 Å². The van der Waals surface area contributed by atoms with Crippen LogP contribution in [-0.4, -0.2) is 77.2 Å². The van der Waals surface area contributed by atoms with Gasteiger partial charge in [-0.1, -0.05) is 0 Å². The quantitative estimate of drug-likeness (QED) is 0.291. The lowest BCUT2D eigenvalue weighted by Crippen LogP contribution is -2.56. The largest absolute Gasteiger partial charge is 0.395 e. The van der Waals surface area contributed by atoms with Crippen LogP contribution in [0.5, 0.6) is 0 Å². The summed E-state index contributed by atoms with van der Waals surface area (Å²) in [7, 11) is 0. The highest BCUT2D eigenvalue weighted by molar-refractivity contribution is 4.87. The Labute approximate surface area is 93.8 Å². The molecule has 0 bridgehead atoms. The van der Waals surface area contributed by atoms with Crippen molar-refractivity contribution in [3.05, 3.63) is 0 Å². The maximum Gasteiger partial charge on any atom is 0.111 e. The molecule has 7 nitrogen and oxygen atoms in total. The lowest BCUT2D eigenvalue weighted by atomic mass is 10.00. The third-order valence-electron chi connectivity index (χ3n) is 2.59. The average Bonchev–Trinajstić information content (AvgIpc) is 2.29. The lowest BCUT2D eigenvalue weighted by molar-refractivity contribution is -0.185. The van der Waals surface area contributed by atoms with Gasteiger partial charge in [0.05, 0.1) is 19.3 Å². The normalized spacial score (nSPS) is 37.3. The maximum atomic E-state index is 9.57. The highest BCUT2D eigenvalue weighted by Gasteiger charge is 2.36. The summed E-state index contributed by atoms with van der Waals surface area (Å²) in [6.45, 7) is 0.569. The van der Waals surface area contributed by atoms with Crippen LogP contribution in [-0.2, 0) is 4.74 Å². The summed E-state index contributed by atoms with van der Waals surface area (Å²) in [5.74, 6) is 0. The molecule has 0 amide bonds. The number of aliphatic hydroxyl groups is 4. The van der Waals surface area contributed by atoms with Gasteiger partial charge >= 0.3 is 0 Å². The van der Waals surface area contributed by atoms with E-state index in [4.69, 9.17) is 15.6 Å². The Bertz CT molecular complexity index is 206. The van der Waals surface area contributed by atoms with E-state index in [9.17, 15) is 15.3 Å². The Morgan fingerprint density at radius 3 is 2.62 bits per heavy atom. The van der Waals surface area contributed by atoms with Gasteiger partial charge < -0.3 is 36.2 Å². The van der Waals surface area contributed by atoms with Gasteiger partial charge in [-0.2, -0.15) is 0 Å². The van der Waals surface area contributed by atoms with Gasteiger partial charge in [0, 0.05) is 19.1 Å².